The van der Waals surface area contributed by atoms with E-state index in [9.17, 15) is 0 Å². The molecule has 0 aromatic carbocycles. The minimum atomic E-state index is -0.110. The zero-order chi connectivity index (χ0) is 11.4. The fourth-order valence-corrected chi connectivity index (χ4v) is 1.60. The van der Waals surface area contributed by atoms with E-state index < -0.39 is 0 Å². The molecule has 84 valence electrons. The van der Waals surface area contributed by atoms with E-state index in [0.29, 0.717) is 0 Å². The molecule has 0 bridgehead atoms. The lowest BCUT2D eigenvalue weighted by atomic mass is 10.1. The number of aromatic nitrogens is 3. The number of nitrogens with two attached hydrogens (primary N) is 1. The molecule has 0 saturated carbocycles. The highest BCUT2D eigenvalue weighted by Gasteiger charge is 2.14. The van der Waals surface area contributed by atoms with Crippen LogP contribution in [0.4, 0.5) is 0 Å². The normalized spacial score (nSPS) is 12.6. The Bertz CT molecular complexity index is 437. The topological polar surface area (TPSA) is 68.8 Å². The third-order valence-corrected chi connectivity index (χ3v) is 2.46. The lowest BCUT2D eigenvalue weighted by Gasteiger charge is -2.12. The van der Waals surface area contributed by atoms with E-state index in [1.165, 1.54) is 0 Å². The Kier molecular flexibility index (Phi) is 3.28. The molecule has 0 aliphatic carbocycles. The van der Waals surface area contributed by atoms with Gasteiger partial charge in [0.05, 0.1) is 17.9 Å². The highest BCUT2D eigenvalue weighted by Crippen LogP contribution is 2.18. The number of nitrogens with one attached hydrogen (secondary N) is 1. The van der Waals surface area contributed by atoms with Gasteiger partial charge in [-0.05, 0) is 19.1 Å². The molecule has 0 aliphatic rings. The predicted molar refractivity (Wildman–Crippen MR) is 61.3 cm³/mol. The summed E-state index contributed by atoms with van der Waals surface area (Å²) in [5.41, 5.74) is 4.66. The maximum Gasteiger partial charge on any atom is 0.0911 e. The SMILES string of the molecule is CCn1cc(C(NN)c2ccccn2)cn1. The first-order valence-electron chi connectivity index (χ1n) is 5.24. The number of pyridine rings is 1. The molecule has 16 heavy (non-hydrogen) atoms. The first kappa shape index (κ1) is 10.8. The van der Waals surface area contributed by atoms with E-state index in [-0.39, 0.29) is 6.04 Å². The molecule has 1 unspecified atom stereocenters. The second-order valence-corrected chi connectivity index (χ2v) is 3.48. The number of aryl methyl sites for hydroxylation is 1. The van der Waals surface area contributed by atoms with Gasteiger partial charge in [0.2, 0.25) is 0 Å². The zero-order valence-electron chi connectivity index (χ0n) is 9.17. The summed E-state index contributed by atoms with van der Waals surface area (Å²) in [4.78, 5) is 4.28. The molecule has 2 rings (SSSR count). The van der Waals surface area contributed by atoms with Crippen LogP contribution in [-0.2, 0) is 6.54 Å². The molecule has 0 spiro atoms. The minimum Gasteiger partial charge on any atom is -0.273 e. The molecular weight excluding hydrogens is 202 g/mol. The second-order valence-electron chi connectivity index (χ2n) is 3.48. The summed E-state index contributed by atoms with van der Waals surface area (Å²) < 4.78 is 1.86. The van der Waals surface area contributed by atoms with E-state index in [4.69, 9.17) is 5.84 Å². The van der Waals surface area contributed by atoms with Crippen LogP contribution in [0.1, 0.15) is 24.2 Å². The average molecular weight is 217 g/mol. The van der Waals surface area contributed by atoms with Gasteiger partial charge in [-0.2, -0.15) is 5.10 Å². The minimum absolute atomic E-state index is 0.110. The molecule has 2 aromatic heterocycles. The van der Waals surface area contributed by atoms with Crippen molar-refractivity contribution in [3.63, 3.8) is 0 Å². The van der Waals surface area contributed by atoms with Gasteiger partial charge in [0.15, 0.2) is 0 Å². The highest BCUT2D eigenvalue weighted by atomic mass is 15.3. The molecule has 0 saturated heterocycles. The summed E-state index contributed by atoms with van der Waals surface area (Å²) in [6, 6.07) is 5.65. The number of hydrazine groups is 1. The van der Waals surface area contributed by atoms with Gasteiger partial charge in [0, 0.05) is 24.5 Å². The third kappa shape index (κ3) is 2.10. The number of hydrogen-bond donors (Lipinski definition) is 2. The molecular formula is C11H15N5. The van der Waals surface area contributed by atoms with Gasteiger partial charge in [-0.25, -0.2) is 5.43 Å². The van der Waals surface area contributed by atoms with Crippen molar-refractivity contribution in [2.45, 2.75) is 19.5 Å². The van der Waals surface area contributed by atoms with E-state index in [2.05, 4.69) is 15.5 Å². The molecule has 0 fully saturated rings. The lowest BCUT2D eigenvalue weighted by Crippen LogP contribution is -2.29. The van der Waals surface area contributed by atoms with E-state index in [1.54, 1.807) is 6.20 Å². The van der Waals surface area contributed by atoms with Crippen molar-refractivity contribution in [1.82, 2.24) is 20.2 Å². The number of hydrogen-bond acceptors (Lipinski definition) is 4. The van der Waals surface area contributed by atoms with Gasteiger partial charge in [0.25, 0.3) is 0 Å². The van der Waals surface area contributed by atoms with Crippen molar-refractivity contribution < 1.29 is 0 Å². The fourth-order valence-electron chi connectivity index (χ4n) is 1.60. The Balaban J connectivity index is 2.29. The summed E-state index contributed by atoms with van der Waals surface area (Å²) in [7, 11) is 0. The molecule has 0 amide bonds. The van der Waals surface area contributed by atoms with Crippen LogP contribution in [0.25, 0.3) is 0 Å². The van der Waals surface area contributed by atoms with Crippen molar-refractivity contribution in [2.75, 3.05) is 0 Å². The lowest BCUT2D eigenvalue weighted by molar-refractivity contribution is 0.616. The van der Waals surface area contributed by atoms with Crippen molar-refractivity contribution in [1.29, 1.82) is 0 Å². The van der Waals surface area contributed by atoms with Crippen LogP contribution in [0.15, 0.2) is 36.8 Å². The fraction of sp³-hybridized carbons (Fsp3) is 0.273. The zero-order valence-corrected chi connectivity index (χ0v) is 9.17. The van der Waals surface area contributed by atoms with Gasteiger partial charge in [-0.1, -0.05) is 6.07 Å². The Hall–Kier alpha value is -1.72. The van der Waals surface area contributed by atoms with Crippen LogP contribution < -0.4 is 11.3 Å². The predicted octanol–water partition coefficient (Wildman–Crippen LogP) is 0.851. The quantitative estimate of drug-likeness (QED) is 0.588. The first-order chi connectivity index (χ1) is 7.85. The van der Waals surface area contributed by atoms with E-state index in [0.717, 1.165) is 17.8 Å². The molecule has 2 aromatic rings. The molecule has 2 heterocycles. The molecule has 5 heteroatoms. The van der Waals surface area contributed by atoms with Crippen molar-refractivity contribution >= 4 is 0 Å². The van der Waals surface area contributed by atoms with Gasteiger partial charge in [-0.15, -0.1) is 0 Å². The molecule has 0 aliphatic heterocycles. The Labute approximate surface area is 94.3 Å². The van der Waals surface area contributed by atoms with Crippen LogP contribution in [0, 0.1) is 0 Å². The Morgan fingerprint density at radius 1 is 1.50 bits per heavy atom. The maximum absolute atomic E-state index is 5.56. The van der Waals surface area contributed by atoms with Crippen molar-refractivity contribution in [3.05, 3.63) is 48.0 Å². The molecule has 3 N–H and O–H groups in total. The Morgan fingerprint density at radius 2 is 2.38 bits per heavy atom. The molecule has 0 radical (unpaired) electrons. The van der Waals surface area contributed by atoms with Gasteiger partial charge in [-0.3, -0.25) is 15.5 Å². The summed E-state index contributed by atoms with van der Waals surface area (Å²) in [5, 5.41) is 4.22. The first-order valence-corrected chi connectivity index (χ1v) is 5.24. The van der Waals surface area contributed by atoms with Crippen molar-refractivity contribution in [3.8, 4) is 0 Å². The largest absolute Gasteiger partial charge is 0.273 e. The van der Waals surface area contributed by atoms with Crippen LogP contribution >= 0.6 is 0 Å². The van der Waals surface area contributed by atoms with Gasteiger partial charge in [0.1, 0.15) is 0 Å². The van der Waals surface area contributed by atoms with Crippen molar-refractivity contribution in [2.24, 2.45) is 5.84 Å². The standard InChI is InChI=1S/C11H15N5/c1-2-16-8-9(7-14-16)11(15-12)10-5-3-4-6-13-10/h3-8,11,15H,2,12H2,1H3. The number of rotatable bonds is 4. The van der Waals surface area contributed by atoms with Crippen LogP contribution in [0.5, 0.6) is 0 Å². The average Bonchev–Trinajstić information content (AvgIpc) is 2.80. The summed E-state index contributed by atoms with van der Waals surface area (Å²) in [5.74, 6) is 5.56. The summed E-state index contributed by atoms with van der Waals surface area (Å²) >= 11 is 0. The van der Waals surface area contributed by atoms with Crippen LogP contribution in [0.3, 0.4) is 0 Å². The molecule has 5 nitrogen and oxygen atoms in total. The highest BCUT2D eigenvalue weighted by molar-refractivity contribution is 5.23. The summed E-state index contributed by atoms with van der Waals surface area (Å²) in [6.45, 7) is 2.89. The van der Waals surface area contributed by atoms with E-state index in [1.807, 2.05) is 42.2 Å². The van der Waals surface area contributed by atoms with E-state index >= 15 is 0 Å². The smallest absolute Gasteiger partial charge is 0.0911 e. The maximum atomic E-state index is 5.56. The summed E-state index contributed by atoms with van der Waals surface area (Å²) in [6.07, 6.45) is 5.53. The third-order valence-electron chi connectivity index (χ3n) is 2.46. The molecule has 1 atom stereocenters. The van der Waals surface area contributed by atoms with Crippen LogP contribution in [-0.4, -0.2) is 14.8 Å². The second kappa shape index (κ2) is 4.87. The monoisotopic (exact) mass is 217 g/mol. The number of nitrogens with zero attached hydrogens (tertiary/aromatic N) is 3. The Morgan fingerprint density at radius 3 is 2.94 bits per heavy atom. The van der Waals surface area contributed by atoms with Gasteiger partial charge < -0.3 is 0 Å². The van der Waals surface area contributed by atoms with Gasteiger partial charge >= 0.3 is 0 Å². The van der Waals surface area contributed by atoms with Crippen LogP contribution in [0.2, 0.25) is 0 Å².